The molecule has 1 aliphatic rings. The molecule has 0 aliphatic heterocycles. The molecule has 0 radical (unpaired) electrons. The predicted molar refractivity (Wildman–Crippen MR) is 59.7 cm³/mol. The van der Waals surface area contributed by atoms with Gasteiger partial charge in [0.15, 0.2) is 0 Å². The lowest BCUT2D eigenvalue weighted by Crippen LogP contribution is -2.23. The molecule has 0 unspecified atom stereocenters. The maximum atomic E-state index is 11.8. The average molecular weight is 221 g/mol. The monoisotopic (exact) mass is 221 g/mol. The highest BCUT2D eigenvalue weighted by atomic mass is 16.5. The zero-order valence-corrected chi connectivity index (χ0v) is 9.53. The van der Waals surface area contributed by atoms with Crippen LogP contribution in [-0.2, 0) is 11.3 Å². The van der Waals surface area contributed by atoms with Crippen LogP contribution in [0.15, 0.2) is 16.9 Å². The zero-order valence-electron chi connectivity index (χ0n) is 9.53. The van der Waals surface area contributed by atoms with Gasteiger partial charge in [-0.05, 0) is 31.7 Å². The number of hydrogen-bond donors (Lipinski definition) is 0. The number of ether oxygens (including phenoxy) is 1. The van der Waals surface area contributed by atoms with Gasteiger partial charge in [0, 0.05) is 18.3 Å². The highest BCUT2D eigenvalue weighted by molar-refractivity contribution is 5.89. The van der Waals surface area contributed by atoms with Crippen molar-refractivity contribution in [1.82, 2.24) is 4.57 Å². The molecular formula is C12H15NO3. The van der Waals surface area contributed by atoms with Crippen LogP contribution in [0.2, 0.25) is 0 Å². The van der Waals surface area contributed by atoms with Crippen LogP contribution in [0.1, 0.15) is 41.7 Å². The summed E-state index contributed by atoms with van der Waals surface area (Å²) in [6, 6.07) is 3.13. The normalized spacial score (nSPS) is 14.9. The van der Waals surface area contributed by atoms with Crippen LogP contribution < -0.4 is 5.56 Å². The number of nitrogens with zero attached hydrogens (tertiary/aromatic N) is 1. The van der Waals surface area contributed by atoms with Gasteiger partial charge in [0.2, 0.25) is 0 Å². The van der Waals surface area contributed by atoms with Crippen LogP contribution in [0, 0.1) is 0 Å². The van der Waals surface area contributed by atoms with Gasteiger partial charge >= 0.3 is 5.97 Å². The first-order valence-corrected chi connectivity index (χ1v) is 5.50. The molecule has 86 valence electrons. The van der Waals surface area contributed by atoms with E-state index in [1.165, 1.54) is 13.2 Å². The molecule has 1 aromatic rings. The number of hydrogen-bond acceptors (Lipinski definition) is 3. The Kier molecular flexibility index (Phi) is 2.81. The predicted octanol–water partition coefficient (Wildman–Crippen LogP) is 1.53. The SMILES string of the molecule is CCn1c(C2CC2)cc(C(=O)OC)cc1=O. The molecule has 2 rings (SSSR count). The third-order valence-corrected chi connectivity index (χ3v) is 2.89. The summed E-state index contributed by atoms with van der Waals surface area (Å²) in [7, 11) is 1.32. The van der Waals surface area contributed by atoms with Crippen molar-refractivity contribution < 1.29 is 9.53 Å². The van der Waals surface area contributed by atoms with Crippen molar-refractivity contribution in [3.8, 4) is 0 Å². The quantitative estimate of drug-likeness (QED) is 0.727. The summed E-state index contributed by atoms with van der Waals surface area (Å²) in [4.78, 5) is 23.2. The molecule has 4 nitrogen and oxygen atoms in total. The number of carbonyl (C=O) groups is 1. The second-order valence-corrected chi connectivity index (χ2v) is 4.02. The number of rotatable bonds is 3. The zero-order chi connectivity index (χ0) is 11.7. The van der Waals surface area contributed by atoms with E-state index in [1.54, 1.807) is 10.6 Å². The van der Waals surface area contributed by atoms with Crippen molar-refractivity contribution in [2.75, 3.05) is 7.11 Å². The second-order valence-electron chi connectivity index (χ2n) is 4.02. The van der Waals surface area contributed by atoms with Gasteiger partial charge < -0.3 is 9.30 Å². The van der Waals surface area contributed by atoms with Crippen molar-refractivity contribution in [2.24, 2.45) is 0 Å². The smallest absolute Gasteiger partial charge is 0.338 e. The van der Waals surface area contributed by atoms with Crippen LogP contribution in [0.4, 0.5) is 0 Å². The Balaban J connectivity index is 2.52. The summed E-state index contributed by atoms with van der Waals surface area (Å²) in [6.45, 7) is 2.58. The van der Waals surface area contributed by atoms with Crippen molar-refractivity contribution in [2.45, 2.75) is 32.2 Å². The molecule has 0 amide bonds. The van der Waals surface area contributed by atoms with E-state index in [2.05, 4.69) is 4.74 Å². The molecule has 1 aromatic heterocycles. The maximum Gasteiger partial charge on any atom is 0.338 e. The minimum absolute atomic E-state index is 0.118. The summed E-state index contributed by atoms with van der Waals surface area (Å²) < 4.78 is 6.36. The average Bonchev–Trinajstić information content (AvgIpc) is 3.10. The summed E-state index contributed by atoms with van der Waals surface area (Å²) in [5.41, 5.74) is 1.21. The van der Waals surface area contributed by atoms with E-state index in [0.717, 1.165) is 18.5 Å². The lowest BCUT2D eigenvalue weighted by Gasteiger charge is -2.11. The van der Waals surface area contributed by atoms with Gasteiger partial charge in [0.05, 0.1) is 12.7 Å². The summed E-state index contributed by atoms with van der Waals surface area (Å²) >= 11 is 0. The van der Waals surface area contributed by atoms with Gasteiger partial charge in [0.25, 0.3) is 5.56 Å². The Morgan fingerprint density at radius 2 is 2.19 bits per heavy atom. The molecule has 0 atom stereocenters. The molecule has 0 saturated heterocycles. The van der Waals surface area contributed by atoms with Gasteiger partial charge in [-0.25, -0.2) is 4.79 Å². The molecule has 0 spiro atoms. The van der Waals surface area contributed by atoms with Crippen LogP contribution in [-0.4, -0.2) is 17.6 Å². The van der Waals surface area contributed by atoms with E-state index in [-0.39, 0.29) is 5.56 Å². The lowest BCUT2D eigenvalue weighted by atomic mass is 10.1. The van der Waals surface area contributed by atoms with E-state index >= 15 is 0 Å². The molecule has 0 N–H and O–H groups in total. The van der Waals surface area contributed by atoms with Crippen LogP contribution in [0.25, 0.3) is 0 Å². The Hall–Kier alpha value is -1.58. The van der Waals surface area contributed by atoms with Gasteiger partial charge in [-0.2, -0.15) is 0 Å². The highest BCUT2D eigenvalue weighted by Crippen LogP contribution is 2.39. The van der Waals surface area contributed by atoms with Crippen LogP contribution in [0.3, 0.4) is 0 Å². The van der Waals surface area contributed by atoms with E-state index < -0.39 is 5.97 Å². The number of carbonyl (C=O) groups excluding carboxylic acids is 1. The lowest BCUT2D eigenvalue weighted by molar-refractivity contribution is 0.0600. The van der Waals surface area contributed by atoms with Crippen molar-refractivity contribution in [3.05, 3.63) is 33.7 Å². The first kappa shape index (κ1) is 10.9. The van der Waals surface area contributed by atoms with Gasteiger partial charge in [-0.3, -0.25) is 4.79 Å². The minimum Gasteiger partial charge on any atom is -0.465 e. The fourth-order valence-electron chi connectivity index (χ4n) is 1.91. The van der Waals surface area contributed by atoms with E-state index in [1.807, 2.05) is 6.92 Å². The number of methoxy groups -OCH3 is 1. The van der Waals surface area contributed by atoms with Crippen molar-refractivity contribution in [3.63, 3.8) is 0 Å². The fraction of sp³-hybridized carbons (Fsp3) is 0.500. The first-order chi connectivity index (χ1) is 7.67. The Morgan fingerprint density at radius 1 is 1.50 bits per heavy atom. The summed E-state index contributed by atoms with van der Waals surface area (Å²) in [5, 5.41) is 0. The van der Waals surface area contributed by atoms with E-state index in [4.69, 9.17) is 0 Å². The summed E-state index contributed by atoms with van der Waals surface area (Å²) in [5.74, 6) is -0.000454. The number of aromatic nitrogens is 1. The third-order valence-electron chi connectivity index (χ3n) is 2.89. The first-order valence-electron chi connectivity index (χ1n) is 5.50. The van der Waals surface area contributed by atoms with E-state index in [9.17, 15) is 9.59 Å². The molecular weight excluding hydrogens is 206 g/mol. The minimum atomic E-state index is -0.442. The molecule has 1 saturated carbocycles. The number of esters is 1. The van der Waals surface area contributed by atoms with Gasteiger partial charge in [-0.1, -0.05) is 0 Å². The molecule has 1 heterocycles. The van der Waals surface area contributed by atoms with Gasteiger partial charge in [0.1, 0.15) is 0 Å². The van der Waals surface area contributed by atoms with Crippen molar-refractivity contribution in [1.29, 1.82) is 0 Å². The van der Waals surface area contributed by atoms with Gasteiger partial charge in [-0.15, -0.1) is 0 Å². The Bertz CT molecular complexity index is 472. The van der Waals surface area contributed by atoms with E-state index in [0.29, 0.717) is 18.0 Å². The second kappa shape index (κ2) is 4.12. The molecule has 0 bridgehead atoms. The molecule has 1 fully saturated rings. The number of pyridine rings is 1. The Morgan fingerprint density at radius 3 is 2.69 bits per heavy atom. The largest absolute Gasteiger partial charge is 0.465 e. The Labute approximate surface area is 93.8 Å². The van der Waals surface area contributed by atoms with Crippen LogP contribution in [0.5, 0.6) is 0 Å². The standard InChI is InChI=1S/C12H15NO3/c1-3-13-10(8-4-5-8)6-9(7-11(13)14)12(15)16-2/h6-8H,3-5H2,1-2H3. The molecule has 4 heteroatoms. The third kappa shape index (κ3) is 1.87. The van der Waals surface area contributed by atoms with Crippen molar-refractivity contribution >= 4 is 5.97 Å². The highest BCUT2D eigenvalue weighted by Gasteiger charge is 2.27. The molecule has 0 aromatic carbocycles. The molecule has 1 aliphatic carbocycles. The molecule has 16 heavy (non-hydrogen) atoms. The van der Waals surface area contributed by atoms with Crippen LogP contribution >= 0.6 is 0 Å². The fourth-order valence-corrected chi connectivity index (χ4v) is 1.91. The summed E-state index contributed by atoms with van der Waals surface area (Å²) in [6.07, 6.45) is 2.20. The topological polar surface area (TPSA) is 48.3 Å². The maximum absolute atomic E-state index is 11.8.